The van der Waals surface area contributed by atoms with Crippen LogP contribution in [0.2, 0.25) is 0 Å². The van der Waals surface area contributed by atoms with Crippen LogP contribution in [0.25, 0.3) is 11.8 Å². The number of aromatic carboxylic acids is 1. The molecule has 39 heavy (non-hydrogen) atoms. The summed E-state index contributed by atoms with van der Waals surface area (Å²) in [5.74, 6) is -0.862. The number of hydrogen-bond acceptors (Lipinski definition) is 5. The Balaban J connectivity index is 1.43. The summed E-state index contributed by atoms with van der Waals surface area (Å²) >= 11 is 5.33. The zero-order chi connectivity index (χ0) is 27.7. The van der Waals surface area contributed by atoms with E-state index < -0.39 is 17.8 Å². The van der Waals surface area contributed by atoms with Gasteiger partial charge in [0.05, 0.1) is 11.3 Å². The van der Waals surface area contributed by atoms with Crippen molar-refractivity contribution in [3.8, 4) is 17.2 Å². The number of aromatic nitrogens is 1. The number of benzene rings is 3. The van der Waals surface area contributed by atoms with Crippen molar-refractivity contribution in [3.63, 3.8) is 0 Å². The number of amides is 2. The lowest BCUT2D eigenvalue weighted by Crippen LogP contribution is -2.54. The number of carbonyl (C=O) groups excluding carboxylic acids is 2. The average Bonchev–Trinajstić information content (AvgIpc) is 3.20. The molecule has 8 nitrogen and oxygen atoms in total. The molecule has 0 saturated carbocycles. The van der Waals surface area contributed by atoms with Crippen molar-refractivity contribution in [3.05, 3.63) is 113 Å². The monoisotopic (exact) mass is 537 g/mol. The van der Waals surface area contributed by atoms with E-state index in [1.807, 2.05) is 54.8 Å². The Labute approximate surface area is 229 Å². The van der Waals surface area contributed by atoms with Gasteiger partial charge in [0.15, 0.2) is 5.11 Å². The number of nitrogens with zero attached hydrogens (tertiary/aromatic N) is 2. The van der Waals surface area contributed by atoms with Crippen LogP contribution in [0.3, 0.4) is 0 Å². The van der Waals surface area contributed by atoms with E-state index in [-0.39, 0.29) is 16.2 Å². The van der Waals surface area contributed by atoms with Gasteiger partial charge in [-0.15, -0.1) is 0 Å². The lowest BCUT2D eigenvalue weighted by Gasteiger charge is -2.29. The Morgan fingerprint density at radius 1 is 0.897 bits per heavy atom. The molecule has 1 fully saturated rings. The van der Waals surface area contributed by atoms with Crippen molar-refractivity contribution >= 4 is 46.9 Å². The first-order valence-electron chi connectivity index (χ1n) is 12.0. The molecular weight excluding hydrogens is 514 g/mol. The maximum atomic E-state index is 13.5. The molecule has 2 N–H and O–H groups in total. The van der Waals surface area contributed by atoms with E-state index >= 15 is 0 Å². The normalized spacial score (nSPS) is 14.5. The number of hydrogen-bond donors (Lipinski definition) is 2. The summed E-state index contributed by atoms with van der Waals surface area (Å²) in [7, 11) is 0. The maximum absolute atomic E-state index is 13.5. The van der Waals surface area contributed by atoms with Crippen LogP contribution < -0.4 is 15.0 Å². The van der Waals surface area contributed by atoms with Gasteiger partial charge in [-0.3, -0.25) is 19.8 Å². The van der Waals surface area contributed by atoms with E-state index in [1.165, 1.54) is 17.0 Å². The number of carbonyl (C=O) groups is 3. The SMILES string of the molecule is Cc1cc(/C=C2/C(=O)NC(=S)N(c3ccc(Oc4ccccc4)cc3)C2=O)c(C)n1-c1ccc(C(=O)O)cc1. The van der Waals surface area contributed by atoms with Crippen LogP contribution in [0.1, 0.15) is 27.3 Å². The van der Waals surface area contributed by atoms with Crippen LogP contribution >= 0.6 is 12.2 Å². The summed E-state index contributed by atoms with van der Waals surface area (Å²) in [5.41, 5.74) is 3.68. The topological polar surface area (TPSA) is 101 Å². The van der Waals surface area contributed by atoms with Crippen molar-refractivity contribution in [2.24, 2.45) is 0 Å². The molecular formula is C30H23N3O5S. The minimum atomic E-state index is -1.00. The number of para-hydroxylation sites is 1. The van der Waals surface area contributed by atoms with Gasteiger partial charge in [0, 0.05) is 17.1 Å². The maximum Gasteiger partial charge on any atom is 0.335 e. The van der Waals surface area contributed by atoms with Crippen molar-refractivity contribution in [1.82, 2.24) is 9.88 Å². The molecule has 4 aromatic rings. The largest absolute Gasteiger partial charge is 0.478 e. The fourth-order valence-electron chi connectivity index (χ4n) is 4.42. The number of carboxylic acid groups (broad SMARTS) is 1. The van der Waals surface area contributed by atoms with E-state index in [0.29, 0.717) is 22.7 Å². The van der Waals surface area contributed by atoms with Gasteiger partial charge in [0.25, 0.3) is 11.8 Å². The number of thiocarbonyl (C=S) groups is 1. The lowest BCUT2D eigenvalue weighted by molar-refractivity contribution is -0.122. The lowest BCUT2D eigenvalue weighted by atomic mass is 10.1. The zero-order valence-corrected chi connectivity index (χ0v) is 21.9. The van der Waals surface area contributed by atoms with Gasteiger partial charge in [-0.1, -0.05) is 18.2 Å². The Kier molecular flexibility index (Phi) is 6.83. The standard InChI is InChI=1S/C30H23N3O5S/c1-18-16-21(19(2)32(18)22-10-8-20(9-11-22)29(36)37)17-26-27(34)31-30(39)33(28(26)35)23-12-14-25(15-13-23)38-24-6-4-3-5-7-24/h3-17H,1-2H3,(H,36,37)(H,31,34,39)/b26-17-. The van der Waals surface area contributed by atoms with Gasteiger partial charge in [0.2, 0.25) is 0 Å². The molecule has 0 unspecified atom stereocenters. The molecule has 1 aliphatic heterocycles. The molecule has 3 aromatic carbocycles. The number of carboxylic acids is 1. The van der Waals surface area contributed by atoms with Gasteiger partial charge in [0.1, 0.15) is 17.1 Å². The first-order chi connectivity index (χ1) is 18.7. The molecule has 0 spiro atoms. The fraction of sp³-hybridized carbons (Fsp3) is 0.0667. The van der Waals surface area contributed by atoms with E-state index in [4.69, 9.17) is 17.0 Å². The molecule has 0 radical (unpaired) electrons. The number of anilines is 1. The third kappa shape index (κ3) is 5.07. The Hall–Kier alpha value is -5.02. The highest BCUT2D eigenvalue weighted by atomic mass is 32.1. The highest BCUT2D eigenvalue weighted by Gasteiger charge is 2.34. The van der Waals surface area contributed by atoms with Crippen LogP contribution in [-0.2, 0) is 9.59 Å². The van der Waals surface area contributed by atoms with E-state index in [1.54, 1.807) is 42.5 Å². The van der Waals surface area contributed by atoms with Crippen LogP contribution in [0.4, 0.5) is 5.69 Å². The molecule has 0 aliphatic carbocycles. The Bertz CT molecular complexity index is 1640. The highest BCUT2D eigenvalue weighted by molar-refractivity contribution is 7.80. The third-order valence-corrected chi connectivity index (χ3v) is 6.60. The van der Waals surface area contributed by atoms with Crippen LogP contribution in [0.5, 0.6) is 11.5 Å². The van der Waals surface area contributed by atoms with Gasteiger partial charge in [-0.05, 0) is 104 Å². The predicted octanol–water partition coefficient (Wildman–Crippen LogP) is 5.42. The van der Waals surface area contributed by atoms with Crippen LogP contribution in [0.15, 0.2) is 90.5 Å². The first kappa shape index (κ1) is 25.6. The second-order valence-electron chi connectivity index (χ2n) is 8.88. The van der Waals surface area contributed by atoms with Gasteiger partial charge < -0.3 is 14.4 Å². The summed E-state index contributed by atoms with van der Waals surface area (Å²) in [6.07, 6.45) is 1.55. The van der Waals surface area contributed by atoms with Crippen LogP contribution in [0, 0.1) is 13.8 Å². The van der Waals surface area contributed by atoms with Crippen molar-refractivity contribution in [2.75, 3.05) is 4.90 Å². The van der Waals surface area contributed by atoms with Gasteiger partial charge >= 0.3 is 5.97 Å². The fourth-order valence-corrected chi connectivity index (χ4v) is 4.70. The summed E-state index contributed by atoms with van der Waals surface area (Å²) < 4.78 is 7.75. The van der Waals surface area contributed by atoms with E-state index in [0.717, 1.165) is 17.1 Å². The molecule has 194 valence electrons. The van der Waals surface area contributed by atoms with E-state index in [9.17, 15) is 19.5 Å². The third-order valence-electron chi connectivity index (χ3n) is 6.32. The zero-order valence-electron chi connectivity index (χ0n) is 21.0. The predicted molar refractivity (Wildman–Crippen MR) is 151 cm³/mol. The van der Waals surface area contributed by atoms with Crippen molar-refractivity contribution < 1.29 is 24.2 Å². The van der Waals surface area contributed by atoms with E-state index in [2.05, 4.69) is 5.32 Å². The number of rotatable bonds is 6. The van der Waals surface area contributed by atoms with Crippen molar-refractivity contribution in [2.45, 2.75) is 13.8 Å². The number of nitrogens with one attached hydrogen (secondary N) is 1. The molecule has 0 bridgehead atoms. The van der Waals surface area contributed by atoms with Crippen molar-refractivity contribution in [1.29, 1.82) is 0 Å². The molecule has 1 aromatic heterocycles. The second kappa shape index (κ2) is 10.4. The van der Waals surface area contributed by atoms with Gasteiger partial charge in [-0.25, -0.2) is 4.79 Å². The number of aryl methyl sites for hydroxylation is 1. The summed E-state index contributed by atoms with van der Waals surface area (Å²) in [6, 6.07) is 24.5. The molecule has 5 rings (SSSR count). The molecule has 9 heteroatoms. The quantitative estimate of drug-likeness (QED) is 0.194. The molecule has 2 heterocycles. The first-order valence-corrected chi connectivity index (χ1v) is 12.4. The summed E-state index contributed by atoms with van der Waals surface area (Å²) in [4.78, 5) is 38.8. The van der Waals surface area contributed by atoms with Crippen LogP contribution in [-0.4, -0.2) is 32.6 Å². The van der Waals surface area contributed by atoms with Gasteiger partial charge in [-0.2, -0.15) is 0 Å². The molecule has 1 aliphatic rings. The second-order valence-corrected chi connectivity index (χ2v) is 9.27. The Morgan fingerprint density at radius 2 is 1.51 bits per heavy atom. The minimum Gasteiger partial charge on any atom is -0.478 e. The molecule has 1 saturated heterocycles. The average molecular weight is 538 g/mol. The molecule has 2 amide bonds. The highest BCUT2D eigenvalue weighted by Crippen LogP contribution is 2.28. The summed E-state index contributed by atoms with van der Waals surface area (Å²) in [5, 5.41) is 11.8. The smallest absolute Gasteiger partial charge is 0.335 e. The number of ether oxygens (including phenoxy) is 1. The Morgan fingerprint density at radius 3 is 2.15 bits per heavy atom. The molecule has 0 atom stereocenters. The minimum absolute atomic E-state index is 0.0112. The summed E-state index contributed by atoms with van der Waals surface area (Å²) in [6.45, 7) is 3.76.